The van der Waals surface area contributed by atoms with E-state index in [1.165, 1.54) is 0 Å². The van der Waals surface area contributed by atoms with Crippen molar-refractivity contribution in [2.45, 2.75) is 20.5 Å². The maximum absolute atomic E-state index is 12.4. The van der Waals surface area contributed by atoms with Crippen molar-refractivity contribution < 1.29 is 9.53 Å². The van der Waals surface area contributed by atoms with Crippen molar-refractivity contribution in [1.29, 1.82) is 0 Å². The lowest BCUT2D eigenvalue weighted by atomic mass is 10.2. The van der Waals surface area contributed by atoms with Crippen molar-refractivity contribution >= 4 is 29.1 Å². The first kappa shape index (κ1) is 17.6. The fourth-order valence-corrected chi connectivity index (χ4v) is 2.53. The molecule has 5 heteroatoms. The Labute approximate surface area is 146 Å². The van der Waals surface area contributed by atoms with Crippen LogP contribution in [-0.2, 0) is 6.61 Å². The third-order valence-corrected chi connectivity index (χ3v) is 4.26. The maximum Gasteiger partial charge on any atom is 0.253 e. The molecular formula is C18H19Cl2NO2. The number of carbonyl (C=O) groups excluding carboxylic acids is 1. The van der Waals surface area contributed by atoms with E-state index >= 15 is 0 Å². The summed E-state index contributed by atoms with van der Waals surface area (Å²) in [6.07, 6.45) is 0. The van der Waals surface area contributed by atoms with Crippen LogP contribution in [0.3, 0.4) is 0 Å². The summed E-state index contributed by atoms with van der Waals surface area (Å²) >= 11 is 11.9. The van der Waals surface area contributed by atoms with E-state index in [2.05, 4.69) is 0 Å². The Kier molecular flexibility index (Phi) is 6.31. The molecule has 1 amide bonds. The summed E-state index contributed by atoms with van der Waals surface area (Å²) in [6, 6.07) is 12.6. The second kappa shape index (κ2) is 8.23. The number of carbonyl (C=O) groups is 1. The molecule has 0 aliphatic carbocycles. The van der Waals surface area contributed by atoms with Gasteiger partial charge in [0.2, 0.25) is 0 Å². The second-order valence-electron chi connectivity index (χ2n) is 5.04. The van der Waals surface area contributed by atoms with E-state index in [9.17, 15) is 4.79 Å². The van der Waals surface area contributed by atoms with Crippen LogP contribution in [0.5, 0.6) is 5.75 Å². The van der Waals surface area contributed by atoms with Gasteiger partial charge in [0.1, 0.15) is 12.4 Å². The van der Waals surface area contributed by atoms with Crippen molar-refractivity contribution in [3.05, 3.63) is 63.6 Å². The predicted octanol–water partition coefficient (Wildman–Crippen LogP) is 5.05. The number of benzene rings is 2. The molecule has 0 saturated carbocycles. The van der Waals surface area contributed by atoms with Gasteiger partial charge in [0.25, 0.3) is 5.91 Å². The Morgan fingerprint density at radius 1 is 1.04 bits per heavy atom. The highest BCUT2D eigenvalue weighted by molar-refractivity contribution is 6.42. The molecule has 2 aromatic rings. The van der Waals surface area contributed by atoms with Crippen molar-refractivity contribution in [3.63, 3.8) is 0 Å². The van der Waals surface area contributed by atoms with Crippen molar-refractivity contribution in [2.24, 2.45) is 0 Å². The second-order valence-corrected chi connectivity index (χ2v) is 5.86. The monoisotopic (exact) mass is 351 g/mol. The molecule has 0 aliphatic heterocycles. The average Bonchev–Trinajstić information content (AvgIpc) is 2.57. The molecule has 0 N–H and O–H groups in total. The van der Waals surface area contributed by atoms with Crippen molar-refractivity contribution in [1.82, 2.24) is 4.90 Å². The zero-order valence-electron chi connectivity index (χ0n) is 13.2. The minimum atomic E-state index is 0.00925. The summed E-state index contributed by atoms with van der Waals surface area (Å²) in [7, 11) is 0. The SMILES string of the molecule is CCN(CC)C(=O)c1cccc(OCc2ccc(Cl)c(Cl)c2)c1. The Bertz CT molecular complexity index is 684. The maximum atomic E-state index is 12.4. The summed E-state index contributed by atoms with van der Waals surface area (Å²) in [5.74, 6) is 0.657. The van der Waals surface area contributed by atoms with Gasteiger partial charge in [0, 0.05) is 18.7 Å². The number of nitrogens with zero attached hydrogens (tertiary/aromatic N) is 1. The van der Waals surface area contributed by atoms with Gasteiger partial charge in [-0.3, -0.25) is 4.79 Å². The minimum absolute atomic E-state index is 0.00925. The smallest absolute Gasteiger partial charge is 0.253 e. The molecule has 23 heavy (non-hydrogen) atoms. The van der Waals surface area contributed by atoms with Gasteiger partial charge >= 0.3 is 0 Å². The highest BCUT2D eigenvalue weighted by Crippen LogP contribution is 2.23. The van der Waals surface area contributed by atoms with E-state index in [4.69, 9.17) is 27.9 Å². The molecule has 0 saturated heterocycles. The van der Waals surface area contributed by atoms with Crippen LogP contribution in [0, 0.1) is 0 Å². The van der Waals surface area contributed by atoms with Crippen LogP contribution in [-0.4, -0.2) is 23.9 Å². The molecule has 2 aromatic carbocycles. The molecule has 2 rings (SSSR count). The average molecular weight is 352 g/mol. The summed E-state index contributed by atoms with van der Waals surface area (Å²) in [5.41, 5.74) is 1.54. The zero-order valence-corrected chi connectivity index (χ0v) is 14.7. The van der Waals surface area contributed by atoms with Crippen LogP contribution in [0.2, 0.25) is 10.0 Å². The van der Waals surface area contributed by atoms with Gasteiger partial charge in [-0.15, -0.1) is 0 Å². The third-order valence-electron chi connectivity index (χ3n) is 3.52. The topological polar surface area (TPSA) is 29.5 Å². The van der Waals surface area contributed by atoms with Gasteiger partial charge in [0.05, 0.1) is 10.0 Å². The number of amides is 1. The lowest BCUT2D eigenvalue weighted by Crippen LogP contribution is -2.30. The van der Waals surface area contributed by atoms with Crippen molar-refractivity contribution in [3.8, 4) is 5.75 Å². The fraction of sp³-hybridized carbons (Fsp3) is 0.278. The molecule has 0 atom stereocenters. The van der Waals surface area contributed by atoms with Crippen LogP contribution in [0.4, 0.5) is 0 Å². The molecule has 0 heterocycles. The van der Waals surface area contributed by atoms with Gasteiger partial charge in [-0.2, -0.15) is 0 Å². The summed E-state index contributed by atoms with van der Waals surface area (Å²) in [4.78, 5) is 14.1. The summed E-state index contributed by atoms with van der Waals surface area (Å²) < 4.78 is 5.75. The Hall–Kier alpha value is -1.71. The Morgan fingerprint density at radius 2 is 1.78 bits per heavy atom. The first-order valence-corrected chi connectivity index (χ1v) is 8.26. The molecule has 3 nitrogen and oxygen atoms in total. The first-order valence-electron chi connectivity index (χ1n) is 7.51. The number of hydrogen-bond acceptors (Lipinski definition) is 2. The Balaban J connectivity index is 2.07. The van der Waals surface area contributed by atoms with Gasteiger partial charge < -0.3 is 9.64 Å². The molecule has 0 aliphatic rings. The van der Waals surface area contributed by atoms with Gasteiger partial charge in [-0.25, -0.2) is 0 Å². The third kappa shape index (κ3) is 4.63. The molecular weight excluding hydrogens is 333 g/mol. The van der Waals surface area contributed by atoms with Crippen LogP contribution >= 0.6 is 23.2 Å². The molecule has 0 radical (unpaired) electrons. The minimum Gasteiger partial charge on any atom is -0.489 e. The van der Waals surface area contributed by atoms with Gasteiger partial charge in [-0.05, 0) is 49.7 Å². The molecule has 0 fully saturated rings. The normalized spacial score (nSPS) is 10.4. The van der Waals surface area contributed by atoms with E-state index in [0.29, 0.717) is 41.1 Å². The van der Waals surface area contributed by atoms with E-state index in [0.717, 1.165) is 5.56 Å². The quantitative estimate of drug-likeness (QED) is 0.728. The highest BCUT2D eigenvalue weighted by atomic mass is 35.5. The van der Waals surface area contributed by atoms with E-state index < -0.39 is 0 Å². The molecule has 0 bridgehead atoms. The molecule has 0 spiro atoms. The number of rotatable bonds is 6. The van der Waals surface area contributed by atoms with Crippen LogP contribution in [0.1, 0.15) is 29.8 Å². The van der Waals surface area contributed by atoms with Gasteiger partial charge in [-0.1, -0.05) is 35.3 Å². The predicted molar refractivity (Wildman–Crippen MR) is 94.5 cm³/mol. The zero-order chi connectivity index (χ0) is 16.8. The molecule has 0 unspecified atom stereocenters. The molecule has 122 valence electrons. The van der Waals surface area contributed by atoms with Crippen LogP contribution in [0.15, 0.2) is 42.5 Å². The van der Waals surface area contributed by atoms with E-state index in [1.54, 1.807) is 29.2 Å². The fourth-order valence-electron chi connectivity index (χ4n) is 2.21. The number of ether oxygens (including phenoxy) is 1. The number of hydrogen-bond donors (Lipinski definition) is 0. The number of halogens is 2. The van der Waals surface area contributed by atoms with E-state index in [1.807, 2.05) is 32.0 Å². The Morgan fingerprint density at radius 3 is 2.43 bits per heavy atom. The van der Waals surface area contributed by atoms with Crippen LogP contribution < -0.4 is 4.74 Å². The lowest BCUT2D eigenvalue weighted by molar-refractivity contribution is 0.0772. The highest BCUT2D eigenvalue weighted by Gasteiger charge is 2.13. The molecule has 0 aromatic heterocycles. The standard InChI is InChI=1S/C18H19Cl2NO2/c1-3-21(4-2)18(22)14-6-5-7-15(11-14)23-12-13-8-9-16(19)17(20)10-13/h5-11H,3-4,12H2,1-2H3. The van der Waals surface area contributed by atoms with Crippen molar-refractivity contribution in [2.75, 3.05) is 13.1 Å². The van der Waals surface area contributed by atoms with E-state index in [-0.39, 0.29) is 5.91 Å². The van der Waals surface area contributed by atoms with Crippen LogP contribution in [0.25, 0.3) is 0 Å². The summed E-state index contributed by atoms with van der Waals surface area (Å²) in [5, 5.41) is 1.01. The largest absolute Gasteiger partial charge is 0.489 e. The summed E-state index contributed by atoms with van der Waals surface area (Å²) in [6.45, 7) is 5.66. The van der Waals surface area contributed by atoms with Gasteiger partial charge in [0.15, 0.2) is 0 Å². The first-order chi connectivity index (χ1) is 11.0. The lowest BCUT2D eigenvalue weighted by Gasteiger charge is -2.19.